The Kier molecular flexibility index (Phi) is 17.0. The van der Waals surface area contributed by atoms with Gasteiger partial charge in [0.2, 0.25) is 0 Å². The molecule has 0 radical (unpaired) electrons. The van der Waals surface area contributed by atoms with Gasteiger partial charge in [-0.1, -0.05) is 47.0 Å². The van der Waals surface area contributed by atoms with Crippen molar-refractivity contribution in [1.29, 1.82) is 0 Å². The van der Waals surface area contributed by atoms with E-state index in [2.05, 4.69) is 49.9 Å². The van der Waals surface area contributed by atoms with Crippen LogP contribution in [-0.4, -0.2) is 74.4 Å². The molecule has 2 atom stereocenters. The molecule has 0 amide bonds. The molecule has 192 valence electrons. The lowest BCUT2D eigenvalue weighted by Gasteiger charge is -2.36. The highest BCUT2D eigenvalue weighted by molar-refractivity contribution is 4.85. The molecule has 3 heterocycles. The molecule has 0 spiro atoms. The summed E-state index contributed by atoms with van der Waals surface area (Å²) in [5, 5.41) is 3.53. The first kappa shape index (κ1) is 29.9. The number of hydrogen-bond acceptors (Lipinski definition) is 4. The van der Waals surface area contributed by atoms with E-state index in [1.807, 2.05) is 13.8 Å². The van der Waals surface area contributed by atoms with E-state index in [0.29, 0.717) is 12.1 Å². The van der Waals surface area contributed by atoms with E-state index in [1.54, 1.807) is 0 Å². The first-order valence-electron chi connectivity index (χ1n) is 14.2. The number of ether oxygens (including phenoxy) is 1. The SMILES string of the molecule is CC.CC(C)CCCCNC1CC1.CC(C)N1CCC2OCCC2C1.CN1CCCCC1. The normalized spacial score (nSPS) is 25.8. The number of hydrogen-bond donors (Lipinski definition) is 1. The van der Waals surface area contributed by atoms with Gasteiger partial charge in [-0.2, -0.15) is 0 Å². The predicted molar refractivity (Wildman–Crippen MR) is 142 cm³/mol. The molecule has 4 heteroatoms. The maximum atomic E-state index is 5.66. The van der Waals surface area contributed by atoms with Crippen LogP contribution < -0.4 is 5.32 Å². The van der Waals surface area contributed by atoms with E-state index in [0.717, 1.165) is 24.5 Å². The van der Waals surface area contributed by atoms with Gasteiger partial charge in [-0.15, -0.1) is 0 Å². The maximum absolute atomic E-state index is 5.66. The minimum Gasteiger partial charge on any atom is -0.378 e. The van der Waals surface area contributed by atoms with Crippen molar-refractivity contribution in [2.24, 2.45) is 11.8 Å². The molecule has 0 aromatic heterocycles. The van der Waals surface area contributed by atoms with Crippen molar-refractivity contribution < 1.29 is 4.74 Å². The van der Waals surface area contributed by atoms with Crippen LogP contribution in [0.3, 0.4) is 0 Å². The highest BCUT2D eigenvalue weighted by atomic mass is 16.5. The van der Waals surface area contributed by atoms with E-state index < -0.39 is 0 Å². The van der Waals surface area contributed by atoms with Gasteiger partial charge < -0.3 is 19.9 Å². The molecule has 0 aromatic carbocycles. The van der Waals surface area contributed by atoms with Crippen LogP contribution in [0.15, 0.2) is 0 Å². The fourth-order valence-corrected chi connectivity index (χ4v) is 4.70. The lowest BCUT2D eigenvalue weighted by Crippen LogP contribution is -2.44. The zero-order chi connectivity index (χ0) is 23.8. The largest absolute Gasteiger partial charge is 0.378 e. The predicted octanol–water partition coefficient (Wildman–Crippen LogP) is 6.20. The Bertz CT molecular complexity index is 415. The number of unbranched alkanes of at least 4 members (excludes halogenated alkanes) is 1. The molecule has 1 N–H and O–H groups in total. The average Bonchev–Trinajstić information content (AvgIpc) is 3.50. The Hall–Kier alpha value is -0.160. The van der Waals surface area contributed by atoms with E-state index >= 15 is 0 Å². The third kappa shape index (κ3) is 14.2. The van der Waals surface area contributed by atoms with Gasteiger partial charge >= 0.3 is 0 Å². The molecule has 4 nitrogen and oxygen atoms in total. The van der Waals surface area contributed by atoms with Gasteiger partial charge in [0, 0.05) is 37.7 Å². The van der Waals surface area contributed by atoms with Crippen LogP contribution in [0.2, 0.25) is 0 Å². The van der Waals surface area contributed by atoms with Crippen molar-refractivity contribution in [3.63, 3.8) is 0 Å². The lowest BCUT2D eigenvalue weighted by molar-refractivity contribution is 0.0257. The van der Waals surface area contributed by atoms with Crippen LogP contribution in [0.5, 0.6) is 0 Å². The van der Waals surface area contributed by atoms with Crippen LogP contribution in [-0.2, 0) is 4.74 Å². The van der Waals surface area contributed by atoms with Gasteiger partial charge in [0.05, 0.1) is 6.10 Å². The van der Waals surface area contributed by atoms with Crippen molar-refractivity contribution >= 4 is 0 Å². The smallest absolute Gasteiger partial charge is 0.0628 e. The minimum absolute atomic E-state index is 0.597. The van der Waals surface area contributed by atoms with Crippen molar-refractivity contribution in [2.45, 2.75) is 124 Å². The first-order chi connectivity index (χ1) is 15.5. The van der Waals surface area contributed by atoms with Gasteiger partial charge in [-0.25, -0.2) is 0 Å². The zero-order valence-electron chi connectivity index (χ0n) is 23.0. The lowest BCUT2D eigenvalue weighted by atomic mass is 9.93. The summed E-state index contributed by atoms with van der Waals surface area (Å²) in [6.45, 7) is 20.6. The van der Waals surface area contributed by atoms with Gasteiger partial charge in [0.1, 0.15) is 0 Å². The van der Waals surface area contributed by atoms with Crippen LogP contribution in [0.1, 0.15) is 106 Å². The van der Waals surface area contributed by atoms with Crippen molar-refractivity contribution in [1.82, 2.24) is 15.1 Å². The van der Waals surface area contributed by atoms with Gasteiger partial charge in [-0.05, 0) is 91.4 Å². The fourth-order valence-electron chi connectivity index (χ4n) is 4.70. The minimum atomic E-state index is 0.597. The van der Waals surface area contributed by atoms with Crippen LogP contribution in [0.4, 0.5) is 0 Å². The van der Waals surface area contributed by atoms with Crippen molar-refractivity contribution in [2.75, 3.05) is 46.4 Å². The van der Waals surface area contributed by atoms with Crippen LogP contribution in [0.25, 0.3) is 0 Å². The molecule has 4 fully saturated rings. The second-order valence-corrected chi connectivity index (χ2v) is 10.8. The number of likely N-dealkylation sites (tertiary alicyclic amines) is 2. The van der Waals surface area contributed by atoms with Gasteiger partial charge in [0.15, 0.2) is 0 Å². The third-order valence-electron chi connectivity index (χ3n) is 7.04. The third-order valence-corrected chi connectivity index (χ3v) is 7.04. The molecule has 4 rings (SSSR count). The zero-order valence-corrected chi connectivity index (χ0v) is 23.0. The maximum Gasteiger partial charge on any atom is 0.0628 e. The Morgan fingerprint density at radius 3 is 2.09 bits per heavy atom. The van der Waals surface area contributed by atoms with Gasteiger partial charge in [0.25, 0.3) is 0 Å². The Labute approximate surface area is 202 Å². The molecule has 0 aromatic rings. The van der Waals surface area contributed by atoms with Crippen molar-refractivity contribution in [3.05, 3.63) is 0 Å². The Balaban J connectivity index is 0.000000238. The summed E-state index contributed by atoms with van der Waals surface area (Å²) in [4.78, 5) is 4.97. The summed E-state index contributed by atoms with van der Waals surface area (Å²) >= 11 is 0. The average molecular weight is 454 g/mol. The molecule has 3 saturated heterocycles. The summed E-state index contributed by atoms with van der Waals surface area (Å²) in [6.07, 6.45) is 14.4. The summed E-state index contributed by atoms with van der Waals surface area (Å²) < 4.78 is 5.66. The highest BCUT2D eigenvalue weighted by Crippen LogP contribution is 2.29. The molecular weight excluding hydrogens is 394 g/mol. The topological polar surface area (TPSA) is 27.7 Å². The number of nitrogens with one attached hydrogen (secondary N) is 1. The number of piperidine rings is 2. The molecule has 3 aliphatic heterocycles. The number of fused-ring (bicyclic) bond motifs is 1. The standard InChI is InChI=1S/C10H19NO.C10H21N.C6H13N.C2H6/c1-8(2)11-5-3-10-9(7-11)4-6-12-10;1-9(2)5-3-4-8-11-10-6-7-10;1-7-5-3-2-4-6-7;1-2/h8-10H,3-7H2,1-2H3;9-11H,3-8H2,1-2H3;2-6H2,1H3;1-2H3. The summed E-state index contributed by atoms with van der Waals surface area (Å²) in [6, 6.07) is 1.61. The molecule has 32 heavy (non-hydrogen) atoms. The van der Waals surface area contributed by atoms with Crippen molar-refractivity contribution in [3.8, 4) is 0 Å². The monoisotopic (exact) mass is 453 g/mol. The van der Waals surface area contributed by atoms with E-state index in [-0.39, 0.29) is 0 Å². The summed E-state index contributed by atoms with van der Waals surface area (Å²) in [7, 11) is 2.19. The highest BCUT2D eigenvalue weighted by Gasteiger charge is 2.34. The summed E-state index contributed by atoms with van der Waals surface area (Å²) in [5.74, 6) is 1.72. The fraction of sp³-hybridized carbons (Fsp3) is 1.00. The van der Waals surface area contributed by atoms with E-state index in [4.69, 9.17) is 4.74 Å². The Morgan fingerprint density at radius 2 is 1.56 bits per heavy atom. The number of nitrogens with zero attached hydrogens (tertiary/aromatic N) is 2. The molecule has 4 aliphatic rings. The molecule has 1 aliphatic carbocycles. The number of rotatable bonds is 7. The van der Waals surface area contributed by atoms with E-state index in [9.17, 15) is 0 Å². The summed E-state index contributed by atoms with van der Waals surface area (Å²) in [5.41, 5.74) is 0. The molecule has 0 bridgehead atoms. The van der Waals surface area contributed by atoms with Crippen LogP contribution in [0, 0.1) is 11.8 Å². The molecule has 2 unspecified atom stereocenters. The second kappa shape index (κ2) is 18.2. The van der Waals surface area contributed by atoms with E-state index in [1.165, 1.54) is 96.9 Å². The first-order valence-corrected chi connectivity index (χ1v) is 14.2. The molecular formula is C28H59N3O. The second-order valence-electron chi connectivity index (χ2n) is 10.8. The van der Waals surface area contributed by atoms with Gasteiger partial charge in [-0.3, -0.25) is 0 Å². The Morgan fingerprint density at radius 1 is 0.875 bits per heavy atom. The quantitative estimate of drug-likeness (QED) is 0.465. The van der Waals surface area contributed by atoms with Crippen LogP contribution >= 0.6 is 0 Å². The molecule has 1 saturated carbocycles.